The highest BCUT2D eigenvalue weighted by Crippen LogP contribution is 2.22. The lowest BCUT2D eigenvalue weighted by molar-refractivity contribution is 0.156. The van der Waals surface area contributed by atoms with Gasteiger partial charge in [-0.25, -0.2) is 0 Å². The van der Waals surface area contributed by atoms with Crippen molar-refractivity contribution in [2.75, 3.05) is 32.7 Å². The zero-order valence-corrected chi connectivity index (χ0v) is 15.0. The van der Waals surface area contributed by atoms with Crippen LogP contribution in [0.15, 0.2) is 12.4 Å². The Labute approximate surface area is 136 Å². The number of hydrogen-bond donors (Lipinski definition) is 0. The fraction of sp³-hybridized carbons (Fsp3) is 0.833. The van der Waals surface area contributed by atoms with Crippen LogP contribution in [-0.2, 0) is 13.6 Å². The molecule has 0 aliphatic carbocycles. The molecule has 1 aromatic rings. The predicted octanol–water partition coefficient (Wildman–Crippen LogP) is 3.00. The molecular formula is C18H34N4. The third-order valence-electron chi connectivity index (χ3n) is 4.80. The van der Waals surface area contributed by atoms with Crippen LogP contribution in [0.3, 0.4) is 0 Å². The third-order valence-corrected chi connectivity index (χ3v) is 4.80. The van der Waals surface area contributed by atoms with Gasteiger partial charge in [-0.05, 0) is 57.3 Å². The fourth-order valence-electron chi connectivity index (χ4n) is 3.50. The summed E-state index contributed by atoms with van der Waals surface area (Å²) in [5, 5.41) is 4.26. The van der Waals surface area contributed by atoms with Crippen LogP contribution < -0.4 is 0 Å². The van der Waals surface area contributed by atoms with Gasteiger partial charge in [-0.15, -0.1) is 0 Å². The first-order chi connectivity index (χ1) is 10.6. The van der Waals surface area contributed by atoms with Crippen molar-refractivity contribution < 1.29 is 0 Å². The second kappa shape index (κ2) is 8.68. The molecule has 4 heteroatoms. The molecule has 0 atom stereocenters. The van der Waals surface area contributed by atoms with E-state index in [1.54, 1.807) is 0 Å². The second-order valence-corrected chi connectivity index (χ2v) is 7.32. The highest BCUT2D eigenvalue weighted by molar-refractivity contribution is 5.03. The van der Waals surface area contributed by atoms with Gasteiger partial charge in [0.1, 0.15) is 0 Å². The molecule has 1 saturated heterocycles. The van der Waals surface area contributed by atoms with Crippen molar-refractivity contribution in [2.24, 2.45) is 18.9 Å². The van der Waals surface area contributed by atoms with E-state index < -0.39 is 0 Å². The van der Waals surface area contributed by atoms with Crippen molar-refractivity contribution in [3.8, 4) is 0 Å². The second-order valence-electron chi connectivity index (χ2n) is 7.32. The van der Waals surface area contributed by atoms with Gasteiger partial charge in [-0.3, -0.25) is 9.58 Å². The number of nitrogens with zero attached hydrogens (tertiary/aromatic N) is 4. The van der Waals surface area contributed by atoms with Crippen LogP contribution in [0.5, 0.6) is 0 Å². The van der Waals surface area contributed by atoms with Gasteiger partial charge in [0.05, 0.1) is 6.20 Å². The molecule has 1 fully saturated rings. The van der Waals surface area contributed by atoms with E-state index in [4.69, 9.17) is 0 Å². The van der Waals surface area contributed by atoms with Crippen LogP contribution >= 0.6 is 0 Å². The summed E-state index contributed by atoms with van der Waals surface area (Å²) >= 11 is 0. The van der Waals surface area contributed by atoms with Gasteiger partial charge >= 0.3 is 0 Å². The number of piperidine rings is 1. The molecule has 1 aliphatic rings. The van der Waals surface area contributed by atoms with Gasteiger partial charge in [0, 0.05) is 31.9 Å². The summed E-state index contributed by atoms with van der Waals surface area (Å²) < 4.78 is 1.90. The fourth-order valence-corrected chi connectivity index (χ4v) is 3.50. The largest absolute Gasteiger partial charge is 0.303 e. The highest BCUT2D eigenvalue weighted by Gasteiger charge is 2.20. The third kappa shape index (κ3) is 5.73. The number of hydrogen-bond acceptors (Lipinski definition) is 3. The van der Waals surface area contributed by atoms with Gasteiger partial charge < -0.3 is 4.90 Å². The molecule has 0 radical (unpaired) electrons. The summed E-state index contributed by atoms with van der Waals surface area (Å²) in [6.07, 6.45) is 8.23. The average molecular weight is 306 g/mol. The first-order valence-corrected chi connectivity index (χ1v) is 8.99. The summed E-state index contributed by atoms with van der Waals surface area (Å²) in [5.41, 5.74) is 1.34. The maximum Gasteiger partial charge on any atom is 0.0534 e. The van der Waals surface area contributed by atoms with Gasteiger partial charge in [-0.2, -0.15) is 5.10 Å². The van der Waals surface area contributed by atoms with E-state index in [0.29, 0.717) is 0 Å². The summed E-state index contributed by atoms with van der Waals surface area (Å²) in [4.78, 5) is 5.20. The van der Waals surface area contributed by atoms with Gasteiger partial charge in [0.25, 0.3) is 0 Å². The Bertz CT molecular complexity index is 418. The number of likely N-dealkylation sites (tertiary alicyclic amines) is 1. The van der Waals surface area contributed by atoms with Crippen LogP contribution in [0, 0.1) is 11.8 Å². The predicted molar refractivity (Wildman–Crippen MR) is 92.8 cm³/mol. The van der Waals surface area contributed by atoms with Crippen molar-refractivity contribution in [3.05, 3.63) is 18.0 Å². The van der Waals surface area contributed by atoms with Crippen LogP contribution in [0.25, 0.3) is 0 Å². The quantitative estimate of drug-likeness (QED) is 0.738. The average Bonchev–Trinajstić information content (AvgIpc) is 2.90. The molecule has 22 heavy (non-hydrogen) atoms. The van der Waals surface area contributed by atoms with E-state index in [2.05, 4.69) is 41.9 Å². The molecule has 126 valence electrons. The summed E-state index contributed by atoms with van der Waals surface area (Å²) in [6, 6.07) is 0. The Morgan fingerprint density at radius 2 is 2.05 bits per heavy atom. The minimum absolute atomic E-state index is 0.779. The SMILES string of the molecule is CCN(CCC1CCN(Cc2cnn(C)c2)CC1)CC(C)C. The molecule has 1 aromatic heterocycles. The minimum atomic E-state index is 0.779. The van der Waals surface area contributed by atoms with E-state index in [1.807, 2.05) is 17.9 Å². The topological polar surface area (TPSA) is 24.3 Å². The van der Waals surface area contributed by atoms with Crippen molar-refractivity contribution in [1.29, 1.82) is 0 Å². The van der Waals surface area contributed by atoms with Crippen LogP contribution in [-0.4, -0.2) is 52.3 Å². The Balaban J connectivity index is 1.66. The Kier molecular flexibility index (Phi) is 6.90. The van der Waals surface area contributed by atoms with Crippen LogP contribution in [0.1, 0.15) is 45.6 Å². The van der Waals surface area contributed by atoms with Crippen molar-refractivity contribution in [3.63, 3.8) is 0 Å². The van der Waals surface area contributed by atoms with E-state index in [1.165, 1.54) is 57.5 Å². The number of aromatic nitrogens is 2. The molecule has 4 nitrogen and oxygen atoms in total. The number of aryl methyl sites for hydroxylation is 1. The molecule has 0 N–H and O–H groups in total. The lowest BCUT2D eigenvalue weighted by Gasteiger charge is -2.33. The maximum atomic E-state index is 4.26. The van der Waals surface area contributed by atoms with E-state index >= 15 is 0 Å². The normalized spacial score (nSPS) is 17.7. The molecule has 1 aliphatic heterocycles. The lowest BCUT2D eigenvalue weighted by Crippen LogP contribution is -2.35. The Morgan fingerprint density at radius 3 is 2.59 bits per heavy atom. The molecule has 2 rings (SSSR count). The Morgan fingerprint density at radius 1 is 1.32 bits per heavy atom. The van der Waals surface area contributed by atoms with E-state index in [0.717, 1.165) is 18.4 Å². The zero-order chi connectivity index (χ0) is 15.9. The highest BCUT2D eigenvalue weighted by atomic mass is 15.2. The van der Waals surface area contributed by atoms with Crippen LogP contribution in [0.2, 0.25) is 0 Å². The molecule has 0 unspecified atom stereocenters. The van der Waals surface area contributed by atoms with Gasteiger partial charge in [0.15, 0.2) is 0 Å². The van der Waals surface area contributed by atoms with Gasteiger partial charge in [0.2, 0.25) is 0 Å². The maximum absolute atomic E-state index is 4.26. The Hall–Kier alpha value is -0.870. The standard InChI is InChI=1S/C18H34N4/c1-5-21(13-16(2)3)9-6-17-7-10-22(11-8-17)15-18-12-19-20(4)14-18/h12,14,16-17H,5-11,13,15H2,1-4H3. The minimum Gasteiger partial charge on any atom is -0.303 e. The molecule has 0 amide bonds. The molecule has 0 spiro atoms. The molecule has 0 aromatic carbocycles. The van der Waals surface area contributed by atoms with Gasteiger partial charge in [-0.1, -0.05) is 20.8 Å². The van der Waals surface area contributed by atoms with E-state index in [9.17, 15) is 0 Å². The summed E-state index contributed by atoms with van der Waals surface area (Å²) in [6.45, 7) is 14.2. The molecule has 0 saturated carbocycles. The van der Waals surface area contributed by atoms with Crippen molar-refractivity contribution >= 4 is 0 Å². The monoisotopic (exact) mass is 306 g/mol. The molecular weight excluding hydrogens is 272 g/mol. The number of rotatable bonds is 8. The van der Waals surface area contributed by atoms with Crippen LogP contribution in [0.4, 0.5) is 0 Å². The van der Waals surface area contributed by atoms with E-state index in [-0.39, 0.29) is 0 Å². The van der Waals surface area contributed by atoms with Crippen molar-refractivity contribution in [1.82, 2.24) is 19.6 Å². The van der Waals surface area contributed by atoms with Crippen molar-refractivity contribution in [2.45, 2.75) is 46.6 Å². The molecule has 2 heterocycles. The zero-order valence-electron chi connectivity index (χ0n) is 15.0. The first-order valence-electron chi connectivity index (χ1n) is 8.99. The summed E-state index contributed by atoms with van der Waals surface area (Å²) in [7, 11) is 1.99. The lowest BCUT2D eigenvalue weighted by atomic mass is 9.93. The smallest absolute Gasteiger partial charge is 0.0534 e. The molecule has 0 bridgehead atoms. The summed E-state index contributed by atoms with van der Waals surface area (Å²) in [5.74, 6) is 1.70. The first kappa shape index (κ1) is 17.5.